The summed E-state index contributed by atoms with van der Waals surface area (Å²) in [4.78, 5) is 29.0. The molecule has 1 saturated carbocycles. The highest BCUT2D eigenvalue weighted by Crippen LogP contribution is 2.41. The highest BCUT2D eigenvalue weighted by molar-refractivity contribution is 6.30. The van der Waals surface area contributed by atoms with Gasteiger partial charge < -0.3 is 15.1 Å². The van der Waals surface area contributed by atoms with E-state index in [-0.39, 0.29) is 23.7 Å². The molecule has 5 nitrogen and oxygen atoms in total. The van der Waals surface area contributed by atoms with E-state index in [4.69, 9.17) is 11.6 Å². The monoisotopic (exact) mass is 349 g/mol. The van der Waals surface area contributed by atoms with Gasteiger partial charge in [-0.1, -0.05) is 11.6 Å². The first kappa shape index (κ1) is 17.2. The van der Waals surface area contributed by atoms with Crippen LogP contribution in [-0.2, 0) is 9.59 Å². The zero-order valence-corrected chi connectivity index (χ0v) is 14.9. The summed E-state index contributed by atoms with van der Waals surface area (Å²) in [6.45, 7) is 1.59. The number of carbonyl (C=O) groups excluding carboxylic acids is 2. The molecule has 24 heavy (non-hydrogen) atoms. The second-order valence-corrected chi connectivity index (χ2v) is 7.40. The number of hydrogen-bond donors (Lipinski definition) is 1. The van der Waals surface area contributed by atoms with Crippen molar-refractivity contribution in [1.29, 1.82) is 0 Å². The van der Waals surface area contributed by atoms with E-state index in [9.17, 15) is 9.59 Å². The topological polar surface area (TPSA) is 52.7 Å². The Labute approximate surface area is 147 Å². The van der Waals surface area contributed by atoms with Crippen LogP contribution in [0, 0.1) is 11.8 Å². The molecule has 1 saturated heterocycles. The maximum Gasteiger partial charge on any atom is 0.228 e. The Morgan fingerprint density at radius 2 is 1.75 bits per heavy atom. The third kappa shape index (κ3) is 3.90. The van der Waals surface area contributed by atoms with Crippen LogP contribution in [0.5, 0.6) is 0 Å². The Bertz CT molecular complexity index is 609. The van der Waals surface area contributed by atoms with E-state index in [2.05, 4.69) is 24.3 Å². The lowest BCUT2D eigenvalue weighted by molar-refractivity contribution is -0.135. The van der Waals surface area contributed by atoms with Gasteiger partial charge in [0, 0.05) is 29.8 Å². The van der Waals surface area contributed by atoms with Crippen molar-refractivity contribution in [2.24, 2.45) is 11.8 Å². The molecule has 1 aliphatic heterocycles. The number of anilines is 1. The van der Waals surface area contributed by atoms with Crippen LogP contribution < -0.4 is 5.32 Å². The van der Waals surface area contributed by atoms with Crippen molar-refractivity contribution in [3.63, 3.8) is 0 Å². The lowest BCUT2D eigenvalue weighted by Gasteiger charge is -2.35. The molecule has 1 aromatic carbocycles. The van der Waals surface area contributed by atoms with Gasteiger partial charge in [0.2, 0.25) is 11.8 Å². The van der Waals surface area contributed by atoms with Crippen molar-refractivity contribution < 1.29 is 9.59 Å². The Morgan fingerprint density at radius 1 is 1.12 bits per heavy atom. The van der Waals surface area contributed by atoms with Crippen molar-refractivity contribution in [2.45, 2.75) is 25.3 Å². The summed E-state index contributed by atoms with van der Waals surface area (Å²) in [7, 11) is 4.17. The summed E-state index contributed by atoms with van der Waals surface area (Å²) >= 11 is 5.84. The highest BCUT2D eigenvalue weighted by Gasteiger charge is 2.49. The number of benzene rings is 1. The number of carbonyl (C=O) groups is 2. The number of nitrogens with one attached hydrogen (secondary N) is 1. The van der Waals surface area contributed by atoms with Crippen LogP contribution >= 0.6 is 11.6 Å². The molecule has 0 radical (unpaired) electrons. The molecule has 130 valence electrons. The predicted octanol–water partition coefficient (Wildman–Crippen LogP) is 2.47. The number of amides is 2. The number of halogens is 1. The van der Waals surface area contributed by atoms with Crippen molar-refractivity contribution >= 4 is 29.1 Å². The Hall–Kier alpha value is -1.59. The Balaban J connectivity index is 1.49. The molecule has 1 N–H and O–H groups in total. The van der Waals surface area contributed by atoms with Crippen LogP contribution in [0.1, 0.15) is 19.3 Å². The molecular formula is C18H24ClN3O2. The Morgan fingerprint density at radius 3 is 2.33 bits per heavy atom. The minimum Gasteiger partial charge on any atom is -0.342 e. The first-order valence-electron chi connectivity index (χ1n) is 8.47. The summed E-state index contributed by atoms with van der Waals surface area (Å²) in [6.07, 6.45) is 2.67. The SMILES string of the molecule is CN(C)C1CCN(C(=O)C2C[C@H]2C(=O)Nc2ccc(Cl)cc2)CC1. The third-order valence-corrected chi connectivity index (χ3v) is 5.31. The number of likely N-dealkylation sites (tertiary alicyclic amines) is 1. The molecule has 0 bridgehead atoms. The molecule has 2 atom stereocenters. The van der Waals surface area contributed by atoms with E-state index < -0.39 is 0 Å². The van der Waals surface area contributed by atoms with Crippen LogP contribution in [0.25, 0.3) is 0 Å². The summed E-state index contributed by atoms with van der Waals surface area (Å²) in [5, 5.41) is 3.50. The largest absolute Gasteiger partial charge is 0.342 e. The van der Waals surface area contributed by atoms with Gasteiger partial charge in [-0.25, -0.2) is 0 Å². The van der Waals surface area contributed by atoms with Crippen LogP contribution in [0.15, 0.2) is 24.3 Å². The molecule has 0 aromatic heterocycles. The first-order valence-corrected chi connectivity index (χ1v) is 8.85. The number of rotatable bonds is 4. The summed E-state index contributed by atoms with van der Waals surface area (Å²) < 4.78 is 0. The summed E-state index contributed by atoms with van der Waals surface area (Å²) in [6, 6.07) is 7.57. The molecule has 1 aliphatic carbocycles. The molecule has 1 aromatic rings. The average molecular weight is 350 g/mol. The maximum atomic E-state index is 12.6. The van der Waals surface area contributed by atoms with Gasteiger partial charge in [0.05, 0.1) is 11.8 Å². The molecule has 1 heterocycles. The number of piperidine rings is 1. The maximum absolute atomic E-state index is 12.6. The fourth-order valence-electron chi connectivity index (χ4n) is 3.36. The molecule has 3 rings (SSSR count). The van der Waals surface area contributed by atoms with Gasteiger partial charge in [-0.05, 0) is 57.6 Å². The second kappa shape index (κ2) is 7.11. The molecule has 2 fully saturated rings. The standard InChI is InChI=1S/C18H24ClN3O2/c1-21(2)14-7-9-22(10-8-14)18(24)16-11-15(16)17(23)20-13-5-3-12(19)4-6-13/h3-6,14-16H,7-11H2,1-2H3,(H,20,23)/t15-,16?/m1/s1. The smallest absolute Gasteiger partial charge is 0.228 e. The lowest BCUT2D eigenvalue weighted by atomic mass is 10.0. The highest BCUT2D eigenvalue weighted by atomic mass is 35.5. The molecule has 2 amide bonds. The molecular weight excluding hydrogens is 326 g/mol. The summed E-state index contributed by atoms with van der Waals surface area (Å²) in [5.41, 5.74) is 0.717. The van der Waals surface area contributed by atoms with E-state index >= 15 is 0 Å². The van der Waals surface area contributed by atoms with Crippen LogP contribution in [0.2, 0.25) is 5.02 Å². The van der Waals surface area contributed by atoms with Gasteiger partial charge in [0.15, 0.2) is 0 Å². The predicted molar refractivity (Wildman–Crippen MR) is 95.0 cm³/mol. The minimum atomic E-state index is -0.195. The molecule has 6 heteroatoms. The van der Waals surface area contributed by atoms with Gasteiger partial charge in [0.1, 0.15) is 0 Å². The second-order valence-electron chi connectivity index (χ2n) is 6.96. The molecule has 0 spiro atoms. The van der Waals surface area contributed by atoms with Crippen molar-refractivity contribution in [2.75, 3.05) is 32.5 Å². The number of nitrogens with zero attached hydrogens (tertiary/aromatic N) is 2. The van der Waals surface area contributed by atoms with Crippen molar-refractivity contribution in [3.05, 3.63) is 29.3 Å². The fraction of sp³-hybridized carbons (Fsp3) is 0.556. The van der Waals surface area contributed by atoms with E-state index in [1.54, 1.807) is 24.3 Å². The van der Waals surface area contributed by atoms with E-state index in [1.807, 2.05) is 4.90 Å². The lowest BCUT2D eigenvalue weighted by Crippen LogP contribution is -2.45. The first-order chi connectivity index (χ1) is 11.5. The van der Waals surface area contributed by atoms with Gasteiger partial charge in [-0.3, -0.25) is 9.59 Å². The van der Waals surface area contributed by atoms with Crippen LogP contribution in [0.3, 0.4) is 0 Å². The normalized spacial score (nSPS) is 24.1. The van der Waals surface area contributed by atoms with Crippen molar-refractivity contribution in [1.82, 2.24) is 9.80 Å². The summed E-state index contributed by atoms with van der Waals surface area (Å²) in [5.74, 6) is -0.268. The zero-order chi connectivity index (χ0) is 17.3. The molecule has 2 aliphatic rings. The van der Waals surface area contributed by atoms with Crippen LogP contribution in [-0.4, -0.2) is 54.8 Å². The van der Waals surface area contributed by atoms with Crippen LogP contribution in [0.4, 0.5) is 5.69 Å². The third-order valence-electron chi connectivity index (χ3n) is 5.06. The van der Waals surface area contributed by atoms with Gasteiger partial charge >= 0.3 is 0 Å². The van der Waals surface area contributed by atoms with Crippen molar-refractivity contribution in [3.8, 4) is 0 Å². The Kier molecular flexibility index (Phi) is 5.11. The van der Waals surface area contributed by atoms with E-state index in [1.165, 1.54) is 0 Å². The zero-order valence-electron chi connectivity index (χ0n) is 14.2. The van der Waals surface area contributed by atoms with Gasteiger partial charge in [-0.15, -0.1) is 0 Å². The average Bonchev–Trinajstić information content (AvgIpc) is 3.37. The number of hydrogen-bond acceptors (Lipinski definition) is 3. The molecule has 1 unspecified atom stereocenters. The van der Waals surface area contributed by atoms with Gasteiger partial charge in [0.25, 0.3) is 0 Å². The van der Waals surface area contributed by atoms with Gasteiger partial charge in [-0.2, -0.15) is 0 Å². The quantitative estimate of drug-likeness (QED) is 0.908. The minimum absolute atomic E-state index is 0.0705. The van der Waals surface area contributed by atoms with E-state index in [0.717, 1.165) is 25.9 Å². The van der Waals surface area contributed by atoms with E-state index in [0.29, 0.717) is 23.2 Å². The fourth-order valence-corrected chi connectivity index (χ4v) is 3.49.